The van der Waals surface area contributed by atoms with Crippen molar-refractivity contribution < 1.29 is 9.18 Å². The topological polar surface area (TPSA) is 20.3 Å². The van der Waals surface area contributed by atoms with E-state index in [0.29, 0.717) is 29.4 Å². The monoisotopic (exact) mass is 245 g/mol. The lowest BCUT2D eigenvalue weighted by molar-refractivity contribution is 0.0775. The Bertz CT molecular complexity index is 576. The van der Waals surface area contributed by atoms with E-state index in [0.717, 1.165) is 0 Å². The second kappa shape index (κ2) is 5.17. The summed E-state index contributed by atoms with van der Waals surface area (Å²) in [4.78, 5) is 14.1. The van der Waals surface area contributed by atoms with Crippen LogP contribution in [-0.4, -0.2) is 23.9 Å². The van der Waals surface area contributed by atoms with Crippen molar-refractivity contribution in [1.29, 1.82) is 0 Å². The number of fused-ring (bicyclic) bond motifs is 1. The Hall–Kier alpha value is -1.90. The number of rotatable bonds is 3. The average molecular weight is 245 g/mol. The normalized spacial score (nSPS) is 10.6. The van der Waals surface area contributed by atoms with Gasteiger partial charge in [-0.3, -0.25) is 4.79 Å². The SMILES string of the molecule is CCN(CC)C(=O)c1ccc(F)c2ccccc12. The minimum absolute atomic E-state index is 0.0452. The van der Waals surface area contributed by atoms with Gasteiger partial charge in [0.2, 0.25) is 0 Å². The number of carbonyl (C=O) groups excluding carboxylic acids is 1. The van der Waals surface area contributed by atoms with E-state index >= 15 is 0 Å². The molecule has 0 aromatic heterocycles. The molecule has 0 spiro atoms. The first-order chi connectivity index (χ1) is 8.69. The van der Waals surface area contributed by atoms with Gasteiger partial charge in [0.1, 0.15) is 5.82 Å². The average Bonchev–Trinajstić information content (AvgIpc) is 2.41. The van der Waals surface area contributed by atoms with Crippen molar-refractivity contribution in [1.82, 2.24) is 4.90 Å². The van der Waals surface area contributed by atoms with E-state index in [1.54, 1.807) is 29.2 Å². The molecular formula is C15H16FNO. The van der Waals surface area contributed by atoms with Gasteiger partial charge in [0, 0.05) is 24.0 Å². The van der Waals surface area contributed by atoms with Crippen LogP contribution in [0.15, 0.2) is 36.4 Å². The Balaban J connectivity index is 2.58. The van der Waals surface area contributed by atoms with Crippen LogP contribution in [0.2, 0.25) is 0 Å². The number of hydrogen-bond acceptors (Lipinski definition) is 1. The predicted molar refractivity (Wildman–Crippen MR) is 71.2 cm³/mol. The van der Waals surface area contributed by atoms with Gasteiger partial charge in [0.05, 0.1) is 0 Å². The summed E-state index contributed by atoms with van der Waals surface area (Å²) in [5.41, 5.74) is 0.565. The molecule has 0 aliphatic heterocycles. The number of benzene rings is 2. The Morgan fingerprint density at radius 1 is 1.06 bits per heavy atom. The number of carbonyl (C=O) groups is 1. The second-order valence-corrected chi connectivity index (χ2v) is 4.12. The molecule has 0 aliphatic rings. The molecule has 0 N–H and O–H groups in total. The molecule has 0 saturated heterocycles. The summed E-state index contributed by atoms with van der Waals surface area (Å²) in [6.45, 7) is 5.18. The van der Waals surface area contributed by atoms with Crippen LogP contribution >= 0.6 is 0 Å². The molecule has 2 rings (SSSR count). The van der Waals surface area contributed by atoms with Gasteiger partial charge in [-0.25, -0.2) is 4.39 Å². The van der Waals surface area contributed by atoms with Crippen LogP contribution in [0.3, 0.4) is 0 Å². The number of halogens is 1. The summed E-state index contributed by atoms with van der Waals surface area (Å²) >= 11 is 0. The molecule has 1 amide bonds. The standard InChI is InChI=1S/C15H16FNO/c1-3-17(4-2)15(18)13-9-10-14(16)12-8-6-5-7-11(12)13/h5-10H,3-4H2,1-2H3. The molecule has 0 saturated carbocycles. The van der Waals surface area contributed by atoms with Crippen LogP contribution < -0.4 is 0 Å². The van der Waals surface area contributed by atoms with Crippen LogP contribution in [0.5, 0.6) is 0 Å². The molecule has 0 bridgehead atoms. The highest BCUT2D eigenvalue weighted by Gasteiger charge is 2.16. The lowest BCUT2D eigenvalue weighted by atomic mass is 10.0. The molecule has 18 heavy (non-hydrogen) atoms. The van der Waals surface area contributed by atoms with Crippen LogP contribution in [-0.2, 0) is 0 Å². The maximum atomic E-state index is 13.7. The summed E-state index contributed by atoms with van der Waals surface area (Å²) in [5.74, 6) is -0.335. The Morgan fingerprint density at radius 3 is 2.28 bits per heavy atom. The number of hydrogen-bond donors (Lipinski definition) is 0. The smallest absolute Gasteiger partial charge is 0.254 e. The molecule has 0 radical (unpaired) electrons. The van der Waals surface area contributed by atoms with E-state index in [2.05, 4.69) is 0 Å². The van der Waals surface area contributed by atoms with E-state index in [4.69, 9.17) is 0 Å². The quantitative estimate of drug-likeness (QED) is 0.811. The molecule has 0 unspecified atom stereocenters. The molecule has 2 aromatic carbocycles. The molecule has 0 fully saturated rings. The molecule has 3 heteroatoms. The third-order valence-corrected chi connectivity index (χ3v) is 3.15. The van der Waals surface area contributed by atoms with Crippen molar-refractivity contribution in [3.05, 3.63) is 47.8 Å². The number of nitrogens with zero attached hydrogens (tertiary/aromatic N) is 1. The third kappa shape index (κ3) is 2.08. The molecule has 0 atom stereocenters. The van der Waals surface area contributed by atoms with Crippen LogP contribution in [0, 0.1) is 5.82 Å². The fourth-order valence-corrected chi connectivity index (χ4v) is 2.13. The van der Waals surface area contributed by atoms with Gasteiger partial charge in [-0.05, 0) is 31.4 Å². The highest BCUT2D eigenvalue weighted by atomic mass is 19.1. The summed E-state index contributed by atoms with van der Waals surface area (Å²) in [6.07, 6.45) is 0. The van der Waals surface area contributed by atoms with E-state index in [9.17, 15) is 9.18 Å². The van der Waals surface area contributed by atoms with Crippen LogP contribution in [0.1, 0.15) is 24.2 Å². The van der Waals surface area contributed by atoms with Crippen molar-refractivity contribution in [3.8, 4) is 0 Å². The van der Waals surface area contributed by atoms with Gasteiger partial charge in [-0.15, -0.1) is 0 Å². The van der Waals surface area contributed by atoms with Crippen molar-refractivity contribution in [2.75, 3.05) is 13.1 Å². The Morgan fingerprint density at radius 2 is 1.67 bits per heavy atom. The van der Waals surface area contributed by atoms with E-state index in [1.807, 2.05) is 19.9 Å². The molecule has 2 aromatic rings. The zero-order valence-corrected chi connectivity index (χ0v) is 10.6. The van der Waals surface area contributed by atoms with E-state index in [1.165, 1.54) is 6.07 Å². The molecule has 2 nitrogen and oxygen atoms in total. The second-order valence-electron chi connectivity index (χ2n) is 4.12. The van der Waals surface area contributed by atoms with Gasteiger partial charge >= 0.3 is 0 Å². The Kier molecular flexibility index (Phi) is 3.60. The van der Waals surface area contributed by atoms with Gasteiger partial charge in [-0.1, -0.05) is 24.3 Å². The van der Waals surface area contributed by atoms with Gasteiger partial charge in [0.25, 0.3) is 5.91 Å². The molecule has 0 aliphatic carbocycles. The van der Waals surface area contributed by atoms with Crippen molar-refractivity contribution >= 4 is 16.7 Å². The first-order valence-corrected chi connectivity index (χ1v) is 6.15. The Labute approximate surface area is 106 Å². The first-order valence-electron chi connectivity index (χ1n) is 6.15. The first kappa shape index (κ1) is 12.6. The largest absolute Gasteiger partial charge is 0.339 e. The van der Waals surface area contributed by atoms with Crippen LogP contribution in [0.4, 0.5) is 4.39 Å². The van der Waals surface area contributed by atoms with Gasteiger partial charge in [0.15, 0.2) is 0 Å². The minimum Gasteiger partial charge on any atom is -0.339 e. The van der Waals surface area contributed by atoms with E-state index < -0.39 is 0 Å². The highest BCUT2D eigenvalue weighted by molar-refractivity contribution is 6.07. The van der Waals surface area contributed by atoms with E-state index in [-0.39, 0.29) is 11.7 Å². The zero-order valence-electron chi connectivity index (χ0n) is 10.6. The summed E-state index contributed by atoms with van der Waals surface area (Å²) in [7, 11) is 0. The molecule has 0 heterocycles. The summed E-state index contributed by atoms with van der Waals surface area (Å²) in [6, 6.07) is 10.0. The fraction of sp³-hybridized carbons (Fsp3) is 0.267. The number of amides is 1. The van der Waals surface area contributed by atoms with Crippen molar-refractivity contribution in [3.63, 3.8) is 0 Å². The highest BCUT2D eigenvalue weighted by Crippen LogP contribution is 2.22. The maximum Gasteiger partial charge on any atom is 0.254 e. The van der Waals surface area contributed by atoms with Gasteiger partial charge in [-0.2, -0.15) is 0 Å². The van der Waals surface area contributed by atoms with Gasteiger partial charge < -0.3 is 4.90 Å². The molecule has 94 valence electrons. The lowest BCUT2D eigenvalue weighted by Crippen LogP contribution is -2.30. The minimum atomic E-state index is -0.290. The summed E-state index contributed by atoms with van der Waals surface area (Å²) < 4.78 is 13.7. The third-order valence-electron chi connectivity index (χ3n) is 3.15. The fourth-order valence-electron chi connectivity index (χ4n) is 2.13. The maximum absolute atomic E-state index is 13.7. The molecular weight excluding hydrogens is 229 g/mol. The summed E-state index contributed by atoms with van der Waals surface area (Å²) in [5, 5.41) is 1.17. The van der Waals surface area contributed by atoms with Crippen LogP contribution in [0.25, 0.3) is 10.8 Å². The van der Waals surface area contributed by atoms with Crippen molar-refractivity contribution in [2.45, 2.75) is 13.8 Å². The lowest BCUT2D eigenvalue weighted by Gasteiger charge is -2.19. The van der Waals surface area contributed by atoms with Crippen molar-refractivity contribution in [2.24, 2.45) is 0 Å². The predicted octanol–water partition coefficient (Wildman–Crippen LogP) is 3.46. The zero-order chi connectivity index (χ0) is 13.1.